The molecule has 0 aromatic carbocycles. The highest BCUT2D eigenvalue weighted by molar-refractivity contribution is 6.29. The second-order valence-corrected chi connectivity index (χ2v) is 5.94. The average Bonchev–Trinajstić information content (AvgIpc) is 2.58. The summed E-state index contributed by atoms with van der Waals surface area (Å²) < 4.78 is 0. The van der Waals surface area contributed by atoms with E-state index in [1.165, 1.54) is 0 Å². The number of nitrogens with zero attached hydrogens (tertiary/aromatic N) is 3. The van der Waals surface area contributed by atoms with Crippen LogP contribution in [0.4, 0.5) is 5.82 Å². The molecule has 2 rings (SSSR count). The first-order valence-electron chi connectivity index (χ1n) is 7.42. The number of amides is 1. The molecule has 1 unspecified atom stereocenters. The van der Waals surface area contributed by atoms with Crippen LogP contribution in [0.25, 0.3) is 0 Å². The summed E-state index contributed by atoms with van der Waals surface area (Å²) in [5, 5.41) is 3.45. The van der Waals surface area contributed by atoms with Crippen molar-refractivity contribution in [3.05, 3.63) is 22.8 Å². The van der Waals surface area contributed by atoms with Crippen LogP contribution < -0.4 is 5.32 Å². The van der Waals surface area contributed by atoms with Gasteiger partial charge in [0.25, 0.3) is 5.91 Å². The standard InChI is InChI=1S/C15H23ClN4O/c1-4-17-14-9-12(8-13(16)18-14)15(21)20-7-5-6-19(3)10-11(20)2/h8-9,11H,4-7,10H2,1-3H3,(H,17,18). The van der Waals surface area contributed by atoms with E-state index in [9.17, 15) is 4.79 Å². The van der Waals surface area contributed by atoms with Gasteiger partial charge >= 0.3 is 0 Å². The molecule has 116 valence electrons. The molecule has 21 heavy (non-hydrogen) atoms. The van der Waals surface area contributed by atoms with Crippen LogP contribution in [0.5, 0.6) is 0 Å². The monoisotopic (exact) mass is 310 g/mol. The maximum atomic E-state index is 12.8. The van der Waals surface area contributed by atoms with Crippen LogP contribution in [0, 0.1) is 0 Å². The van der Waals surface area contributed by atoms with Crippen molar-refractivity contribution in [2.45, 2.75) is 26.3 Å². The summed E-state index contributed by atoms with van der Waals surface area (Å²) in [5.74, 6) is 0.675. The fourth-order valence-electron chi connectivity index (χ4n) is 2.73. The normalized spacial score (nSPS) is 20.2. The van der Waals surface area contributed by atoms with Crippen LogP contribution >= 0.6 is 11.6 Å². The molecule has 0 spiro atoms. The minimum Gasteiger partial charge on any atom is -0.370 e. The number of carbonyl (C=O) groups is 1. The molecule has 1 aromatic heterocycles. The summed E-state index contributed by atoms with van der Waals surface area (Å²) >= 11 is 6.03. The SMILES string of the molecule is CCNc1cc(C(=O)N2CCCN(C)CC2C)cc(Cl)n1. The Kier molecular flexibility index (Phi) is 5.42. The topological polar surface area (TPSA) is 48.5 Å². The summed E-state index contributed by atoms with van der Waals surface area (Å²) in [6, 6.07) is 3.62. The van der Waals surface area contributed by atoms with Crippen LogP contribution in [0.15, 0.2) is 12.1 Å². The maximum absolute atomic E-state index is 12.8. The summed E-state index contributed by atoms with van der Waals surface area (Å²) in [6.45, 7) is 7.51. The highest BCUT2D eigenvalue weighted by atomic mass is 35.5. The first-order chi connectivity index (χ1) is 10.0. The van der Waals surface area contributed by atoms with Crippen LogP contribution in [0.2, 0.25) is 5.15 Å². The van der Waals surface area contributed by atoms with Crippen molar-refractivity contribution in [3.63, 3.8) is 0 Å². The third-order valence-electron chi connectivity index (χ3n) is 3.71. The second-order valence-electron chi connectivity index (χ2n) is 5.56. The molecular weight excluding hydrogens is 288 g/mol. The number of likely N-dealkylation sites (N-methyl/N-ethyl adjacent to an activating group) is 1. The van der Waals surface area contributed by atoms with Crippen LogP contribution in [-0.2, 0) is 0 Å². The molecule has 1 saturated heterocycles. The highest BCUT2D eigenvalue weighted by Crippen LogP contribution is 2.19. The summed E-state index contributed by atoms with van der Waals surface area (Å²) in [5.41, 5.74) is 0.599. The zero-order valence-corrected chi connectivity index (χ0v) is 13.7. The van der Waals surface area contributed by atoms with Crippen molar-refractivity contribution in [3.8, 4) is 0 Å². The number of pyridine rings is 1. The molecule has 1 atom stereocenters. The number of hydrogen-bond donors (Lipinski definition) is 1. The minimum atomic E-state index is 0.0289. The van der Waals surface area contributed by atoms with E-state index < -0.39 is 0 Å². The molecule has 1 amide bonds. The Balaban J connectivity index is 2.22. The Labute approximate surface area is 131 Å². The number of carbonyl (C=O) groups excluding carboxylic acids is 1. The predicted octanol–water partition coefficient (Wildman–Crippen LogP) is 2.33. The first kappa shape index (κ1) is 16.0. The van der Waals surface area contributed by atoms with Gasteiger partial charge in [-0.2, -0.15) is 0 Å². The van der Waals surface area contributed by atoms with Crippen LogP contribution in [0.1, 0.15) is 30.6 Å². The number of aromatic nitrogens is 1. The van der Waals surface area contributed by atoms with E-state index in [-0.39, 0.29) is 11.9 Å². The van der Waals surface area contributed by atoms with E-state index >= 15 is 0 Å². The van der Waals surface area contributed by atoms with Crippen molar-refractivity contribution in [1.82, 2.24) is 14.8 Å². The van der Waals surface area contributed by atoms with Crippen molar-refractivity contribution < 1.29 is 4.79 Å². The highest BCUT2D eigenvalue weighted by Gasteiger charge is 2.25. The fraction of sp³-hybridized carbons (Fsp3) is 0.600. The molecule has 0 radical (unpaired) electrons. The molecule has 1 aromatic rings. The largest absolute Gasteiger partial charge is 0.370 e. The lowest BCUT2D eigenvalue weighted by atomic mass is 10.2. The smallest absolute Gasteiger partial charge is 0.254 e. The Morgan fingerprint density at radius 1 is 1.48 bits per heavy atom. The average molecular weight is 311 g/mol. The van der Waals surface area contributed by atoms with E-state index in [1.807, 2.05) is 11.8 Å². The van der Waals surface area contributed by atoms with Gasteiger partial charge in [0.15, 0.2) is 0 Å². The molecule has 0 bridgehead atoms. The van der Waals surface area contributed by atoms with Gasteiger partial charge in [0.2, 0.25) is 0 Å². The third kappa shape index (κ3) is 4.08. The van der Waals surface area contributed by atoms with Gasteiger partial charge < -0.3 is 15.1 Å². The molecule has 6 heteroatoms. The van der Waals surface area contributed by atoms with E-state index in [1.54, 1.807) is 12.1 Å². The lowest BCUT2D eigenvalue weighted by molar-refractivity contribution is 0.0696. The van der Waals surface area contributed by atoms with Crippen LogP contribution in [-0.4, -0.2) is 60.0 Å². The molecule has 1 aliphatic heterocycles. The van der Waals surface area contributed by atoms with Gasteiger partial charge in [-0.25, -0.2) is 4.98 Å². The molecule has 1 N–H and O–H groups in total. The van der Waals surface area contributed by atoms with E-state index in [2.05, 4.69) is 29.2 Å². The number of rotatable bonds is 3. The molecule has 2 heterocycles. The number of halogens is 1. The molecule has 0 aliphatic carbocycles. The van der Waals surface area contributed by atoms with E-state index in [0.29, 0.717) is 16.5 Å². The number of anilines is 1. The van der Waals surface area contributed by atoms with E-state index in [4.69, 9.17) is 11.6 Å². The number of nitrogens with one attached hydrogen (secondary N) is 1. The van der Waals surface area contributed by atoms with Crippen molar-refractivity contribution in [2.75, 3.05) is 38.5 Å². The fourth-order valence-corrected chi connectivity index (χ4v) is 2.94. The Bertz CT molecular complexity index is 508. The number of hydrogen-bond acceptors (Lipinski definition) is 4. The lowest BCUT2D eigenvalue weighted by Gasteiger charge is -2.28. The predicted molar refractivity (Wildman–Crippen MR) is 86.0 cm³/mol. The molecular formula is C15H23ClN4O. The van der Waals surface area contributed by atoms with Crippen molar-refractivity contribution in [2.24, 2.45) is 0 Å². The van der Waals surface area contributed by atoms with Crippen molar-refractivity contribution in [1.29, 1.82) is 0 Å². The minimum absolute atomic E-state index is 0.0289. The van der Waals surface area contributed by atoms with Crippen LogP contribution in [0.3, 0.4) is 0 Å². The Morgan fingerprint density at radius 3 is 2.95 bits per heavy atom. The van der Waals surface area contributed by atoms with Gasteiger partial charge in [0, 0.05) is 31.2 Å². The summed E-state index contributed by atoms with van der Waals surface area (Å²) in [4.78, 5) is 21.1. The van der Waals surface area contributed by atoms with Gasteiger partial charge in [-0.05, 0) is 46.0 Å². The quantitative estimate of drug-likeness (QED) is 0.871. The van der Waals surface area contributed by atoms with Gasteiger partial charge in [-0.15, -0.1) is 0 Å². The van der Waals surface area contributed by atoms with E-state index in [0.717, 1.165) is 32.6 Å². The van der Waals surface area contributed by atoms with Gasteiger partial charge in [0.05, 0.1) is 0 Å². The summed E-state index contributed by atoms with van der Waals surface area (Å²) in [7, 11) is 2.09. The maximum Gasteiger partial charge on any atom is 0.254 e. The molecule has 1 aliphatic rings. The third-order valence-corrected chi connectivity index (χ3v) is 3.90. The zero-order chi connectivity index (χ0) is 15.4. The molecule has 1 fully saturated rings. The Hall–Kier alpha value is -1.33. The Morgan fingerprint density at radius 2 is 2.24 bits per heavy atom. The first-order valence-corrected chi connectivity index (χ1v) is 7.80. The molecule has 0 saturated carbocycles. The van der Waals surface area contributed by atoms with Gasteiger partial charge in [-0.1, -0.05) is 11.6 Å². The second kappa shape index (κ2) is 7.09. The van der Waals surface area contributed by atoms with Crippen molar-refractivity contribution >= 4 is 23.3 Å². The lowest BCUT2D eigenvalue weighted by Crippen LogP contribution is -2.42. The molecule has 5 nitrogen and oxygen atoms in total. The summed E-state index contributed by atoms with van der Waals surface area (Å²) in [6.07, 6.45) is 0.992. The zero-order valence-electron chi connectivity index (χ0n) is 12.9. The van der Waals surface area contributed by atoms with Gasteiger partial charge in [-0.3, -0.25) is 4.79 Å². The van der Waals surface area contributed by atoms with Gasteiger partial charge in [0.1, 0.15) is 11.0 Å².